The molecule has 0 aliphatic heterocycles. The van der Waals surface area contributed by atoms with Gasteiger partial charge in [-0.25, -0.2) is 0 Å². The molecular weight excluding hydrogens is 270 g/mol. The number of benzene rings is 2. The van der Waals surface area contributed by atoms with E-state index >= 15 is 0 Å². The zero-order chi connectivity index (χ0) is 14.5. The average Bonchev–Trinajstić information content (AvgIpc) is 2.41. The molecule has 1 N–H and O–H groups in total. The van der Waals surface area contributed by atoms with Crippen LogP contribution in [0.2, 0.25) is 0 Å². The topological polar surface area (TPSA) is 32.7 Å². The van der Waals surface area contributed by atoms with Crippen LogP contribution in [0.4, 0.5) is 0 Å². The highest BCUT2D eigenvalue weighted by Gasteiger charge is 2.07. The van der Waals surface area contributed by atoms with Crippen molar-refractivity contribution in [1.29, 1.82) is 0 Å². The Kier molecular flexibility index (Phi) is 4.93. The third-order valence-electron chi connectivity index (χ3n) is 2.84. The summed E-state index contributed by atoms with van der Waals surface area (Å²) in [7, 11) is 5.66. The molecule has 0 amide bonds. The molecule has 20 heavy (non-hydrogen) atoms. The molecule has 0 heterocycles. The largest absolute Gasteiger partial charge is 0.504 e. The van der Waals surface area contributed by atoms with E-state index in [2.05, 4.69) is 31.1 Å². The number of methoxy groups -OCH3 is 1. The van der Waals surface area contributed by atoms with Gasteiger partial charge in [-0.05, 0) is 43.9 Å². The normalized spacial score (nSPS) is 10.8. The number of aromatic hydroxyl groups is 1. The van der Waals surface area contributed by atoms with Gasteiger partial charge in [0.25, 0.3) is 0 Å². The average molecular weight is 289 g/mol. The highest BCUT2D eigenvalue weighted by Crippen LogP contribution is 2.36. The van der Waals surface area contributed by atoms with Crippen molar-refractivity contribution in [3.8, 4) is 11.5 Å². The Bertz CT molecular complexity index is 584. The molecule has 3 nitrogen and oxygen atoms in total. The summed E-state index contributed by atoms with van der Waals surface area (Å²) in [6.07, 6.45) is 0. The maximum atomic E-state index is 9.84. The first-order chi connectivity index (χ1) is 9.60. The molecule has 2 rings (SSSR count). The fourth-order valence-corrected chi connectivity index (χ4v) is 2.91. The molecule has 0 saturated heterocycles. The standard InChI is InChI=1S/C16H19NO2S/c1-17(2)11-12-6-4-5-7-16(12)20-13-8-9-15(19-3)14(18)10-13/h4-10,18H,11H2,1-3H3. The minimum absolute atomic E-state index is 0.169. The van der Waals surface area contributed by atoms with Crippen molar-refractivity contribution >= 4 is 11.8 Å². The van der Waals surface area contributed by atoms with Crippen LogP contribution in [0.1, 0.15) is 5.56 Å². The van der Waals surface area contributed by atoms with E-state index in [1.807, 2.05) is 18.2 Å². The quantitative estimate of drug-likeness (QED) is 0.911. The van der Waals surface area contributed by atoms with Crippen molar-refractivity contribution in [2.75, 3.05) is 21.2 Å². The molecule has 4 heteroatoms. The van der Waals surface area contributed by atoms with Gasteiger partial charge in [-0.15, -0.1) is 0 Å². The maximum Gasteiger partial charge on any atom is 0.160 e. The van der Waals surface area contributed by atoms with Crippen LogP contribution in [0, 0.1) is 0 Å². The number of phenols is 1. The molecule has 2 aromatic carbocycles. The lowest BCUT2D eigenvalue weighted by Gasteiger charge is -2.14. The van der Waals surface area contributed by atoms with Gasteiger partial charge in [0.1, 0.15) is 0 Å². The van der Waals surface area contributed by atoms with Crippen LogP contribution in [-0.4, -0.2) is 31.2 Å². The Labute approximate surface area is 124 Å². The van der Waals surface area contributed by atoms with E-state index in [0.29, 0.717) is 5.75 Å². The van der Waals surface area contributed by atoms with Gasteiger partial charge in [0.15, 0.2) is 11.5 Å². The molecule has 0 aromatic heterocycles. The summed E-state index contributed by atoms with van der Waals surface area (Å²) in [5.74, 6) is 0.665. The SMILES string of the molecule is COc1ccc(Sc2ccccc2CN(C)C)cc1O. The van der Waals surface area contributed by atoms with E-state index < -0.39 is 0 Å². The van der Waals surface area contributed by atoms with Crippen LogP contribution >= 0.6 is 11.8 Å². The van der Waals surface area contributed by atoms with Gasteiger partial charge in [0.05, 0.1) is 7.11 Å². The number of hydrogen-bond donors (Lipinski definition) is 1. The molecule has 0 fully saturated rings. The van der Waals surface area contributed by atoms with Crippen LogP contribution in [0.15, 0.2) is 52.3 Å². The third kappa shape index (κ3) is 3.68. The Morgan fingerprint density at radius 2 is 1.90 bits per heavy atom. The van der Waals surface area contributed by atoms with Gasteiger partial charge in [-0.2, -0.15) is 0 Å². The van der Waals surface area contributed by atoms with Gasteiger partial charge >= 0.3 is 0 Å². The van der Waals surface area contributed by atoms with Crippen LogP contribution < -0.4 is 4.74 Å². The summed E-state index contributed by atoms with van der Waals surface area (Å²) in [5, 5.41) is 9.84. The lowest BCUT2D eigenvalue weighted by atomic mass is 10.2. The van der Waals surface area contributed by atoms with E-state index in [4.69, 9.17) is 4.74 Å². The first-order valence-corrected chi connectivity index (χ1v) is 7.19. The molecule has 106 valence electrons. The van der Waals surface area contributed by atoms with Crippen LogP contribution in [0.3, 0.4) is 0 Å². The van der Waals surface area contributed by atoms with Crippen LogP contribution in [0.25, 0.3) is 0 Å². The van der Waals surface area contributed by atoms with E-state index in [1.165, 1.54) is 10.5 Å². The molecular formula is C16H19NO2S. The first-order valence-electron chi connectivity index (χ1n) is 6.37. The minimum Gasteiger partial charge on any atom is -0.504 e. The van der Waals surface area contributed by atoms with Gasteiger partial charge in [0.2, 0.25) is 0 Å². The van der Waals surface area contributed by atoms with Crippen molar-refractivity contribution < 1.29 is 9.84 Å². The fourth-order valence-electron chi connectivity index (χ4n) is 1.93. The molecule has 0 bridgehead atoms. The summed E-state index contributed by atoms with van der Waals surface area (Å²) in [4.78, 5) is 4.34. The summed E-state index contributed by atoms with van der Waals surface area (Å²) >= 11 is 1.65. The molecule has 0 spiro atoms. The van der Waals surface area contributed by atoms with Crippen molar-refractivity contribution in [3.05, 3.63) is 48.0 Å². The summed E-state index contributed by atoms with van der Waals surface area (Å²) in [5.41, 5.74) is 1.28. The highest BCUT2D eigenvalue weighted by atomic mass is 32.2. The van der Waals surface area contributed by atoms with E-state index in [9.17, 15) is 5.11 Å². The number of ether oxygens (including phenoxy) is 1. The van der Waals surface area contributed by atoms with E-state index in [-0.39, 0.29) is 5.75 Å². The van der Waals surface area contributed by atoms with Gasteiger partial charge in [-0.3, -0.25) is 0 Å². The summed E-state index contributed by atoms with van der Waals surface area (Å²) in [6.45, 7) is 0.894. The van der Waals surface area contributed by atoms with E-state index in [0.717, 1.165) is 11.4 Å². The smallest absolute Gasteiger partial charge is 0.160 e. The van der Waals surface area contributed by atoms with Gasteiger partial charge in [0, 0.05) is 16.3 Å². The summed E-state index contributed by atoms with van der Waals surface area (Å²) < 4.78 is 5.06. The predicted molar refractivity (Wildman–Crippen MR) is 82.6 cm³/mol. The lowest BCUT2D eigenvalue weighted by Crippen LogP contribution is -2.11. The minimum atomic E-state index is 0.169. The molecule has 0 radical (unpaired) electrons. The highest BCUT2D eigenvalue weighted by molar-refractivity contribution is 7.99. The molecule has 0 unspecified atom stereocenters. The molecule has 0 saturated carbocycles. The summed E-state index contributed by atoms with van der Waals surface area (Å²) in [6, 6.07) is 13.8. The van der Waals surface area contributed by atoms with Crippen LogP contribution in [0.5, 0.6) is 11.5 Å². The van der Waals surface area contributed by atoms with Crippen molar-refractivity contribution in [2.24, 2.45) is 0 Å². The monoisotopic (exact) mass is 289 g/mol. The Morgan fingerprint density at radius 3 is 2.55 bits per heavy atom. The fraction of sp³-hybridized carbons (Fsp3) is 0.250. The first kappa shape index (κ1) is 14.8. The second kappa shape index (κ2) is 6.68. The Balaban J connectivity index is 2.23. The maximum absolute atomic E-state index is 9.84. The van der Waals surface area contributed by atoms with Crippen molar-refractivity contribution in [3.63, 3.8) is 0 Å². The van der Waals surface area contributed by atoms with Gasteiger partial charge < -0.3 is 14.7 Å². The molecule has 0 aliphatic carbocycles. The second-order valence-corrected chi connectivity index (χ2v) is 5.90. The second-order valence-electron chi connectivity index (χ2n) is 4.78. The molecule has 2 aromatic rings. The number of nitrogens with zero attached hydrogens (tertiary/aromatic N) is 1. The van der Waals surface area contributed by atoms with Crippen LogP contribution in [-0.2, 0) is 6.54 Å². The zero-order valence-electron chi connectivity index (χ0n) is 12.0. The lowest BCUT2D eigenvalue weighted by molar-refractivity contribution is 0.372. The van der Waals surface area contributed by atoms with E-state index in [1.54, 1.807) is 31.0 Å². The third-order valence-corrected chi connectivity index (χ3v) is 3.95. The zero-order valence-corrected chi connectivity index (χ0v) is 12.8. The molecule has 0 aliphatic rings. The molecule has 0 atom stereocenters. The van der Waals surface area contributed by atoms with Crippen molar-refractivity contribution in [1.82, 2.24) is 4.90 Å². The Hall–Kier alpha value is -1.65. The van der Waals surface area contributed by atoms with Gasteiger partial charge in [-0.1, -0.05) is 30.0 Å². The number of phenolic OH excluding ortho intramolecular Hbond substituents is 1. The number of hydrogen-bond acceptors (Lipinski definition) is 4. The van der Waals surface area contributed by atoms with Crippen molar-refractivity contribution in [2.45, 2.75) is 16.3 Å². The predicted octanol–water partition coefficient (Wildman–Crippen LogP) is 3.61. The number of rotatable bonds is 5. The Morgan fingerprint density at radius 1 is 1.15 bits per heavy atom.